The summed E-state index contributed by atoms with van der Waals surface area (Å²) in [5.41, 5.74) is 0. The molecule has 1 aliphatic heterocycles. The van der Waals surface area contributed by atoms with Gasteiger partial charge in [0.2, 0.25) is 0 Å². The first-order valence-electron chi connectivity index (χ1n) is 2.10. The smallest absolute Gasteiger partial charge is 0.213 e. The molecule has 0 aliphatic carbocycles. The van der Waals surface area contributed by atoms with Crippen molar-refractivity contribution in [2.75, 3.05) is 0 Å². The molecule has 5 nitrogen and oxygen atoms in total. The Morgan fingerprint density at radius 2 is 2.00 bits per heavy atom. The quantitative estimate of drug-likeness (QED) is 0.435. The lowest BCUT2D eigenvalue weighted by Crippen LogP contribution is -2.05. The van der Waals surface area contributed by atoms with Gasteiger partial charge in [-0.2, -0.15) is 0 Å². The number of nitrogens with zero attached hydrogens (tertiary/aromatic N) is 5. The lowest BCUT2D eigenvalue weighted by molar-refractivity contribution is 0.945. The van der Waals surface area contributed by atoms with Gasteiger partial charge in [0.25, 0.3) is 0 Å². The molecule has 0 saturated heterocycles. The maximum Gasteiger partial charge on any atom is 0.310 e. The van der Waals surface area contributed by atoms with Gasteiger partial charge in [0.15, 0.2) is 6.07 Å². The SMILES string of the molecule is N#CBC1N=NN=N1. The van der Waals surface area contributed by atoms with Crippen molar-refractivity contribution >= 4 is 7.28 Å². The van der Waals surface area contributed by atoms with E-state index in [-0.39, 0.29) is 13.3 Å². The van der Waals surface area contributed by atoms with Crippen LogP contribution < -0.4 is 0 Å². The molecule has 0 unspecified atom stereocenters. The lowest BCUT2D eigenvalue weighted by Gasteiger charge is -1.82. The Bertz CT molecular complexity index is 154. The highest BCUT2D eigenvalue weighted by Crippen LogP contribution is 2.00. The molecular weight excluding hydrogens is 105 g/mol. The average Bonchev–Trinajstić information content (AvgIpc) is 2.19. The van der Waals surface area contributed by atoms with Gasteiger partial charge >= 0.3 is 7.28 Å². The summed E-state index contributed by atoms with van der Waals surface area (Å²) in [6.45, 7) is 0. The number of hydrogen-bond donors (Lipinski definition) is 0. The van der Waals surface area contributed by atoms with Crippen molar-refractivity contribution < 1.29 is 0 Å². The van der Waals surface area contributed by atoms with Crippen molar-refractivity contribution in [2.24, 2.45) is 20.7 Å². The van der Waals surface area contributed by atoms with Crippen LogP contribution in [0.1, 0.15) is 0 Å². The molecule has 1 aliphatic rings. The highest BCUT2D eigenvalue weighted by atomic mass is 15.5. The lowest BCUT2D eigenvalue weighted by atomic mass is 9.78. The second-order valence-corrected chi connectivity index (χ2v) is 1.25. The van der Waals surface area contributed by atoms with Gasteiger partial charge in [-0.05, 0) is 10.4 Å². The predicted octanol–water partition coefficient (Wildman–Crippen LogP) is 0.0206. The van der Waals surface area contributed by atoms with Crippen LogP contribution in [-0.4, -0.2) is 13.3 Å². The largest absolute Gasteiger partial charge is 0.310 e. The summed E-state index contributed by atoms with van der Waals surface area (Å²) < 4.78 is 0. The van der Waals surface area contributed by atoms with E-state index in [1.54, 1.807) is 0 Å². The van der Waals surface area contributed by atoms with E-state index in [0.717, 1.165) is 0 Å². The molecule has 0 saturated carbocycles. The summed E-state index contributed by atoms with van der Waals surface area (Å²) >= 11 is 0. The van der Waals surface area contributed by atoms with Gasteiger partial charge in [-0.1, -0.05) is 0 Å². The predicted molar refractivity (Wildman–Crippen MR) is 26.3 cm³/mol. The van der Waals surface area contributed by atoms with E-state index < -0.39 is 0 Å². The first-order chi connectivity index (χ1) is 3.93. The van der Waals surface area contributed by atoms with Crippen LogP contribution in [0, 0.1) is 11.2 Å². The van der Waals surface area contributed by atoms with Crippen LogP contribution in [0.3, 0.4) is 0 Å². The van der Waals surface area contributed by atoms with Gasteiger partial charge < -0.3 is 0 Å². The molecule has 0 bridgehead atoms. The number of rotatable bonds is 1. The van der Waals surface area contributed by atoms with E-state index in [2.05, 4.69) is 20.7 Å². The van der Waals surface area contributed by atoms with Crippen LogP contribution in [-0.2, 0) is 0 Å². The number of nitriles is 1. The van der Waals surface area contributed by atoms with E-state index in [0.29, 0.717) is 0 Å². The molecule has 6 heteroatoms. The minimum absolute atomic E-state index is 0.271. The monoisotopic (exact) mass is 107 g/mol. The summed E-state index contributed by atoms with van der Waals surface area (Å²) in [6.07, 6.45) is 0. The molecular formula is C2H2BN5. The third-order valence-electron chi connectivity index (χ3n) is 0.684. The first kappa shape index (κ1) is 4.90. The fraction of sp³-hybridized carbons (Fsp3) is 0.500. The van der Waals surface area contributed by atoms with Crippen LogP contribution in [0.4, 0.5) is 0 Å². The van der Waals surface area contributed by atoms with E-state index in [4.69, 9.17) is 5.26 Å². The molecule has 0 aromatic heterocycles. The second-order valence-electron chi connectivity index (χ2n) is 1.25. The zero-order valence-corrected chi connectivity index (χ0v) is 4.02. The van der Waals surface area contributed by atoms with Gasteiger partial charge in [-0.25, -0.2) is 5.26 Å². The molecule has 0 radical (unpaired) electrons. The Morgan fingerprint density at radius 3 is 2.50 bits per heavy atom. The fourth-order valence-electron chi connectivity index (χ4n) is 0.352. The Labute approximate surface area is 46.3 Å². The zero-order valence-electron chi connectivity index (χ0n) is 4.02. The van der Waals surface area contributed by atoms with E-state index in [9.17, 15) is 0 Å². The standard InChI is InChI=1S/C2H2BN5/c4-1-3-2-5-7-8-6-2/h2-3H. The molecule has 38 valence electrons. The Balaban J connectivity index is 2.41. The van der Waals surface area contributed by atoms with Crippen LogP contribution >= 0.6 is 0 Å². The summed E-state index contributed by atoms with van der Waals surface area (Å²) in [6, 6.07) is -0.333. The van der Waals surface area contributed by atoms with Gasteiger partial charge in [0.05, 0.1) is 0 Å². The van der Waals surface area contributed by atoms with Crippen molar-refractivity contribution in [1.82, 2.24) is 0 Å². The topological polar surface area (TPSA) is 73.2 Å². The van der Waals surface area contributed by atoms with Crippen LogP contribution in [0.25, 0.3) is 0 Å². The Morgan fingerprint density at radius 1 is 1.38 bits per heavy atom. The average molecular weight is 107 g/mol. The van der Waals surface area contributed by atoms with E-state index in [1.807, 2.05) is 5.97 Å². The van der Waals surface area contributed by atoms with Crippen LogP contribution in [0.2, 0.25) is 0 Å². The molecule has 0 N–H and O–H groups in total. The summed E-state index contributed by atoms with van der Waals surface area (Å²) in [5, 5.41) is 21.5. The number of hydrogen-bond acceptors (Lipinski definition) is 5. The molecule has 1 heterocycles. The molecule has 0 aromatic rings. The minimum atomic E-state index is -0.333. The molecule has 0 amide bonds. The maximum absolute atomic E-state index is 8.07. The Hall–Kier alpha value is -1.25. The summed E-state index contributed by atoms with van der Waals surface area (Å²) in [5.74, 6) is 1.90. The van der Waals surface area contributed by atoms with Crippen molar-refractivity contribution in [3.05, 3.63) is 0 Å². The Kier molecular flexibility index (Phi) is 1.33. The van der Waals surface area contributed by atoms with Crippen LogP contribution in [0.5, 0.6) is 0 Å². The van der Waals surface area contributed by atoms with Crippen LogP contribution in [0.15, 0.2) is 20.7 Å². The second kappa shape index (κ2) is 2.16. The van der Waals surface area contributed by atoms with E-state index >= 15 is 0 Å². The third kappa shape index (κ3) is 0.875. The van der Waals surface area contributed by atoms with Crippen molar-refractivity contribution in [1.29, 1.82) is 5.26 Å². The molecule has 0 spiro atoms. The summed E-state index contributed by atoms with van der Waals surface area (Å²) in [4.78, 5) is 0. The van der Waals surface area contributed by atoms with E-state index in [1.165, 1.54) is 0 Å². The van der Waals surface area contributed by atoms with Crippen molar-refractivity contribution in [3.8, 4) is 5.97 Å². The van der Waals surface area contributed by atoms with Crippen molar-refractivity contribution in [3.63, 3.8) is 0 Å². The van der Waals surface area contributed by atoms with Gasteiger partial charge in [-0.3, -0.25) is 0 Å². The highest BCUT2D eigenvalue weighted by Gasteiger charge is 2.09. The summed E-state index contributed by atoms with van der Waals surface area (Å²) in [7, 11) is 0.271. The fourth-order valence-corrected chi connectivity index (χ4v) is 0.352. The van der Waals surface area contributed by atoms with Gasteiger partial charge in [-0.15, -0.1) is 10.2 Å². The third-order valence-corrected chi connectivity index (χ3v) is 0.684. The zero-order chi connectivity index (χ0) is 5.82. The molecule has 8 heavy (non-hydrogen) atoms. The molecule has 0 aromatic carbocycles. The first-order valence-corrected chi connectivity index (χ1v) is 2.10. The molecule has 0 atom stereocenters. The van der Waals surface area contributed by atoms with Crippen molar-refractivity contribution in [2.45, 2.75) is 6.07 Å². The molecule has 1 rings (SSSR count). The molecule has 0 fully saturated rings. The minimum Gasteiger partial charge on any atom is -0.213 e. The van der Waals surface area contributed by atoms with Gasteiger partial charge in [0.1, 0.15) is 0 Å². The van der Waals surface area contributed by atoms with Gasteiger partial charge in [0, 0.05) is 5.97 Å². The maximum atomic E-state index is 8.07. The highest BCUT2D eigenvalue weighted by molar-refractivity contribution is 6.46. The normalized spacial score (nSPS) is 16.4.